The van der Waals surface area contributed by atoms with E-state index < -0.39 is 6.03 Å². The molecule has 5 nitrogen and oxygen atoms in total. The molecule has 7 heteroatoms. The molecule has 4 N–H and O–H groups in total. The van der Waals surface area contributed by atoms with Gasteiger partial charge in [-0.2, -0.15) is 0 Å². The number of para-hydroxylation sites is 1. The van der Waals surface area contributed by atoms with Gasteiger partial charge in [0.05, 0.1) is 28.3 Å². The third kappa shape index (κ3) is 3.96. The van der Waals surface area contributed by atoms with Crippen molar-refractivity contribution in [3.8, 4) is 11.8 Å². The number of amides is 2. The predicted molar refractivity (Wildman–Crippen MR) is 82.1 cm³/mol. The molecule has 0 bridgehead atoms. The van der Waals surface area contributed by atoms with E-state index >= 15 is 0 Å². The number of carbonyl (C=O) groups excluding carboxylic acids is 1. The summed E-state index contributed by atoms with van der Waals surface area (Å²) >= 11 is 7.22. The van der Waals surface area contributed by atoms with E-state index in [-0.39, 0.29) is 6.54 Å². The van der Waals surface area contributed by atoms with Crippen molar-refractivity contribution < 1.29 is 4.79 Å². The molecule has 2 rings (SSSR count). The fraction of sp³-hybridized carbons (Fsp3) is 0.0769. The van der Waals surface area contributed by atoms with Crippen LogP contribution in [0.25, 0.3) is 0 Å². The van der Waals surface area contributed by atoms with Crippen LogP contribution in [0, 0.1) is 11.8 Å². The lowest BCUT2D eigenvalue weighted by atomic mass is 10.3. The SMILES string of the molecule is NCC#Cc1cnc(NC(=O)Nc2ccccc2Cl)s1. The number of hydrogen-bond donors (Lipinski definition) is 3. The van der Waals surface area contributed by atoms with Crippen LogP contribution in [0.3, 0.4) is 0 Å². The lowest BCUT2D eigenvalue weighted by Gasteiger charge is -2.06. The Morgan fingerprint density at radius 2 is 2.20 bits per heavy atom. The third-order valence-electron chi connectivity index (χ3n) is 2.16. The minimum Gasteiger partial charge on any atom is -0.320 e. The summed E-state index contributed by atoms with van der Waals surface area (Å²) in [5.74, 6) is 5.57. The molecule has 0 aliphatic carbocycles. The highest BCUT2D eigenvalue weighted by molar-refractivity contribution is 7.16. The summed E-state index contributed by atoms with van der Waals surface area (Å²) in [6, 6.07) is 6.56. The first-order valence-electron chi connectivity index (χ1n) is 5.66. The van der Waals surface area contributed by atoms with E-state index in [1.807, 2.05) is 0 Å². The molecule has 1 aromatic carbocycles. The molecule has 0 aliphatic rings. The fourth-order valence-corrected chi connectivity index (χ4v) is 2.21. The van der Waals surface area contributed by atoms with Crippen LogP contribution in [0.1, 0.15) is 4.88 Å². The number of halogens is 1. The van der Waals surface area contributed by atoms with Gasteiger partial charge in [0.25, 0.3) is 0 Å². The minimum absolute atomic E-state index is 0.285. The molecule has 0 atom stereocenters. The molecule has 2 amide bonds. The van der Waals surface area contributed by atoms with Gasteiger partial charge in [0.15, 0.2) is 5.13 Å². The number of rotatable bonds is 2. The topological polar surface area (TPSA) is 80.0 Å². The van der Waals surface area contributed by atoms with Crippen molar-refractivity contribution in [2.24, 2.45) is 5.73 Å². The van der Waals surface area contributed by atoms with Gasteiger partial charge >= 0.3 is 6.03 Å². The van der Waals surface area contributed by atoms with Crippen LogP contribution in [-0.4, -0.2) is 17.6 Å². The molecule has 0 saturated heterocycles. The Hall–Kier alpha value is -2.07. The maximum absolute atomic E-state index is 11.8. The maximum atomic E-state index is 11.8. The summed E-state index contributed by atoms with van der Waals surface area (Å²) in [4.78, 5) is 16.6. The van der Waals surface area contributed by atoms with Gasteiger partial charge < -0.3 is 11.1 Å². The van der Waals surface area contributed by atoms with Crippen molar-refractivity contribution in [3.05, 3.63) is 40.4 Å². The standard InChI is InChI=1S/C13H11ClN4OS/c14-10-5-1-2-6-11(10)17-12(19)18-13-16-8-9(20-13)4-3-7-15/h1-2,5-6,8H,7,15H2,(H2,16,17,18,19). The quantitative estimate of drug-likeness (QED) is 0.746. The number of urea groups is 1. The predicted octanol–water partition coefficient (Wildman–Crippen LogP) is 2.75. The van der Waals surface area contributed by atoms with Crippen LogP contribution in [0.15, 0.2) is 30.5 Å². The zero-order chi connectivity index (χ0) is 14.4. The van der Waals surface area contributed by atoms with Gasteiger partial charge in [-0.15, -0.1) is 0 Å². The van der Waals surface area contributed by atoms with E-state index in [2.05, 4.69) is 27.5 Å². The molecule has 0 aliphatic heterocycles. The number of aromatic nitrogens is 1. The van der Waals surface area contributed by atoms with E-state index in [9.17, 15) is 4.79 Å². The Bertz CT molecular complexity index is 674. The van der Waals surface area contributed by atoms with E-state index in [1.165, 1.54) is 11.3 Å². The summed E-state index contributed by atoms with van der Waals surface area (Å²) in [5.41, 5.74) is 5.82. The highest BCUT2D eigenvalue weighted by Crippen LogP contribution is 2.21. The number of nitrogens with two attached hydrogens (primary N) is 1. The van der Waals surface area contributed by atoms with E-state index in [0.29, 0.717) is 15.8 Å². The van der Waals surface area contributed by atoms with Crippen molar-refractivity contribution in [1.29, 1.82) is 0 Å². The third-order valence-corrected chi connectivity index (χ3v) is 3.32. The molecule has 102 valence electrons. The second kappa shape index (κ2) is 6.91. The number of anilines is 2. The van der Waals surface area contributed by atoms with Crippen LogP contribution in [0.5, 0.6) is 0 Å². The highest BCUT2D eigenvalue weighted by Gasteiger charge is 2.07. The van der Waals surface area contributed by atoms with Crippen molar-refractivity contribution in [2.45, 2.75) is 0 Å². The zero-order valence-electron chi connectivity index (χ0n) is 10.3. The summed E-state index contributed by atoms with van der Waals surface area (Å²) in [5, 5.41) is 6.18. The Morgan fingerprint density at radius 1 is 1.40 bits per heavy atom. The molecular weight excluding hydrogens is 296 g/mol. The van der Waals surface area contributed by atoms with Gasteiger partial charge in [0.2, 0.25) is 0 Å². The summed E-state index contributed by atoms with van der Waals surface area (Å²) in [6.07, 6.45) is 1.58. The molecule has 0 unspecified atom stereocenters. The van der Waals surface area contributed by atoms with Crippen LogP contribution in [-0.2, 0) is 0 Å². The van der Waals surface area contributed by atoms with Crippen LogP contribution in [0.2, 0.25) is 5.02 Å². The second-order valence-corrected chi connectivity index (χ2v) is 5.03. The van der Waals surface area contributed by atoms with Gasteiger partial charge in [-0.25, -0.2) is 9.78 Å². The van der Waals surface area contributed by atoms with E-state index in [0.717, 1.165) is 4.88 Å². The van der Waals surface area contributed by atoms with Crippen LogP contribution in [0.4, 0.5) is 15.6 Å². The fourth-order valence-electron chi connectivity index (χ4n) is 1.34. The Morgan fingerprint density at radius 3 is 2.95 bits per heavy atom. The van der Waals surface area contributed by atoms with Crippen molar-refractivity contribution in [3.63, 3.8) is 0 Å². The Kier molecular flexibility index (Phi) is 4.96. The normalized spacial score (nSPS) is 9.50. The lowest BCUT2D eigenvalue weighted by Crippen LogP contribution is -2.19. The van der Waals surface area contributed by atoms with Crippen molar-refractivity contribution >= 4 is 39.8 Å². The molecule has 0 fully saturated rings. The summed E-state index contributed by atoms with van der Waals surface area (Å²) in [6.45, 7) is 0.285. The monoisotopic (exact) mass is 306 g/mol. The Balaban J connectivity index is 1.98. The van der Waals surface area contributed by atoms with Gasteiger partial charge in [-0.1, -0.05) is 46.9 Å². The molecule has 2 aromatic rings. The number of nitrogens with zero attached hydrogens (tertiary/aromatic N) is 1. The number of hydrogen-bond acceptors (Lipinski definition) is 4. The molecule has 0 spiro atoms. The molecule has 1 heterocycles. The van der Waals surface area contributed by atoms with Crippen LogP contribution < -0.4 is 16.4 Å². The second-order valence-electron chi connectivity index (χ2n) is 3.59. The first kappa shape index (κ1) is 14.3. The summed E-state index contributed by atoms with van der Waals surface area (Å²) in [7, 11) is 0. The molecule has 1 aromatic heterocycles. The number of benzene rings is 1. The smallest absolute Gasteiger partial charge is 0.320 e. The van der Waals surface area contributed by atoms with Gasteiger partial charge in [-0.3, -0.25) is 5.32 Å². The number of nitrogens with one attached hydrogen (secondary N) is 2. The highest BCUT2D eigenvalue weighted by atomic mass is 35.5. The molecule has 0 saturated carbocycles. The van der Waals surface area contributed by atoms with Gasteiger partial charge in [0, 0.05) is 0 Å². The van der Waals surface area contributed by atoms with Crippen LogP contribution >= 0.6 is 22.9 Å². The minimum atomic E-state index is -0.411. The van der Waals surface area contributed by atoms with Gasteiger partial charge in [0.1, 0.15) is 0 Å². The van der Waals surface area contributed by atoms with Gasteiger partial charge in [-0.05, 0) is 12.1 Å². The largest absolute Gasteiger partial charge is 0.325 e. The number of carbonyl (C=O) groups is 1. The summed E-state index contributed by atoms with van der Waals surface area (Å²) < 4.78 is 0. The first-order valence-corrected chi connectivity index (χ1v) is 6.86. The Labute approximate surface area is 125 Å². The van der Waals surface area contributed by atoms with Crippen molar-refractivity contribution in [2.75, 3.05) is 17.2 Å². The lowest BCUT2D eigenvalue weighted by molar-refractivity contribution is 0.262. The number of thiazole rings is 1. The zero-order valence-corrected chi connectivity index (χ0v) is 11.9. The van der Waals surface area contributed by atoms with E-state index in [1.54, 1.807) is 30.5 Å². The first-order chi connectivity index (χ1) is 9.69. The average Bonchev–Trinajstić information content (AvgIpc) is 2.86. The van der Waals surface area contributed by atoms with Crippen molar-refractivity contribution in [1.82, 2.24) is 4.98 Å². The molecule has 0 radical (unpaired) electrons. The molecule has 20 heavy (non-hydrogen) atoms. The maximum Gasteiger partial charge on any atom is 0.325 e. The average molecular weight is 307 g/mol. The molecular formula is C13H11ClN4OS. The van der Waals surface area contributed by atoms with E-state index in [4.69, 9.17) is 17.3 Å².